The standard InChI is InChI=1S/C22H24FN3O3S2/c23-21-17-8-16(24-10-13-6-15(7-13)14-4-2-1-3-5-14)12-30-19(17)9-18(27)22(21)26-11-20(28)25-31(26)29/h1-5,9,13,15-16,24,27H,6-8,10-12H2,(H,25,28). The Morgan fingerprint density at radius 1 is 1.29 bits per heavy atom. The first kappa shape index (κ1) is 20.8. The van der Waals surface area contributed by atoms with E-state index in [-0.39, 0.29) is 24.0 Å². The zero-order chi connectivity index (χ0) is 21.5. The molecule has 0 bridgehead atoms. The Morgan fingerprint density at radius 3 is 2.77 bits per heavy atom. The van der Waals surface area contributed by atoms with Crippen molar-refractivity contribution >= 4 is 34.5 Å². The Kier molecular flexibility index (Phi) is 5.66. The van der Waals surface area contributed by atoms with E-state index in [0.717, 1.165) is 16.6 Å². The van der Waals surface area contributed by atoms with Gasteiger partial charge in [-0.3, -0.25) is 13.8 Å². The van der Waals surface area contributed by atoms with Crippen molar-refractivity contribution in [3.63, 3.8) is 0 Å². The second-order valence-electron chi connectivity index (χ2n) is 8.41. The number of phenols is 1. The lowest BCUT2D eigenvalue weighted by Gasteiger charge is -2.37. The van der Waals surface area contributed by atoms with Gasteiger partial charge in [-0.1, -0.05) is 30.3 Å². The molecule has 31 heavy (non-hydrogen) atoms. The Labute approximate surface area is 187 Å². The number of carbonyl (C=O) groups is 1. The van der Waals surface area contributed by atoms with Gasteiger partial charge in [0.15, 0.2) is 5.82 Å². The number of fused-ring (bicyclic) bond motifs is 1. The molecule has 0 spiro atoms. The third kappa shape index (κ3) is 4.06. The van der Waals surface area contributed by atoms with Gasteiger partial charge in [-0.25, -0.2) is 8.60 Å². The van der Waals surface area contributed by atoms with Crippen molar-refractivity contribution < 1.29 is 18.5 Å². The van der Waals surface area contributed by atoms with Crippen LogP contribution in [0.1, 0.15) is 29.9 Å². The molecule has 6 nitrogen and oxygen atoms in total. The number of amides is 1. The molecule has 1 aliphatic carbocycles. The number of aromatic hydroxyl groups is 1. The highest BCUT2D eigenvalue weighted by Crippen LogP contribution is 2.43. The molecule has 0 radical (unpaired) electrons. The highest BCUT2D eigenvalue weighted by molar-refractivity contribution is 7.99. The number of hydrogen-bond acceptors (Lipinski definition) is 5. The minimum absolute atomic E-state index is 0.129. The zero-order valence-electron chi connectivity index (χ0n) is 16.8. The van der Waals surface area contributed by atoms with Gasteiger partial charge in [0.1, 0.15) is 18.0 Å². The van der Waals surface area contributed by atoms with Gasteiger partial charge in [-0.05, 0) is 49.3 Å². The Hall–Kier alpha value is -2.10. The normalized spacial score (nSPS) is 27.5. The molecule has 2 aliphatic heterocycles. The van der Waals surface area contributed by atoms with Gasteiger partial charge in [-0.2, -0.15) is 0 Å². The summed E-state index contributed by atoms with van der Waals surface area (Å²) in [6.45, 7) is 0.667. The number of carbonyl (C=O) groups excluding carboxylic acids is 1. The summed E-state index contributed by atoms with van der Waals surface area (Å²) >= 11 is -0.370. The predicted octanol–water partition coefficient (Wildman–Crippen LogP) is 2.85. The van der Waals surface area contributed by atoms with E-state index in [1.54, 1.807) is 0 Å². The molecule has 1 saturated heterocycles. The first-order chi connectivity index (χ1) is 15.0. The third-order valence-corrected chi connectivity index (χ3v) is 8.67. The fourth-order valence-electron chi connectivity index (χ4n) is 4.60. The summed E-state index contributed by atoms with van der Waals surface area (Å²) in [6, 6.07) is 12.2. The Bertz CT molecular complexity index is 1030. The Morgan fingerprint density at radius 2 is 2.06 bits per heavy atom. The largest absolute Gasteiger partial charge is 0.506 e. The summed E-state index contributed by atoms with van der Waals surface area (Å²) in [6.07, 6.45) is 2.83. The van der Waals surface area contributed by atoms with Crippen LogP contribution in [0.3, 0.4) is 0 Å². The van der Waals surface area contributed by atoms with E-state index >= 15 is 4.39 Å². The maximum atomic E-state index is 15.3. The molecule has 2 fully saturated rings. The minimum atomic E-state index is -1.88. The molecule has 2 atom stereocenters. The van der Waals surface area contributed by atoms with Crippen molar-refractivity contribution in [2.24, 2.45) is 5.92 Å². The van der Waals surface area contributed by atoms with E-state index in [0.29, 0.717) is 28.7 Å². The smallest absolute Gasteiger partial charge is 0.253 e. The number of phenolic OH excluding ortho intramolecular Hbond substituents is 1. The lowest BCUT2D eigenvalue weighted by molar-refractivity contribution is -0.117. The fourth-order valence-corrected chi connectivity index (χ4v) is 6.70. The van der Waals surface area contributed by atoms with Crippen LogP contribution >= 0.6 is 11.8 Å². The highest BCUT2D eigenvalue weighted by atomic mass is 32.2. The summed E-state index contributed by atoms with van der Waals surface area (Å²) in [5.74, 6) is 0.720. The molecule has 2 aromatic carbocycles. The first-order valence-electron chi connectivity index (χ1n) is 10.4. The van der Waals surface area contributed by atoms with Crippen LogP contribution in [-0.2, 0) is 22.4 Å². The van der Waals surface area contributed by atoms with Crippen LogP contribution in [0, 0.1) is 11.7 Å². The van der Waals surface area contributed by atoms with E-state index < -0.39 is 22.9 Å². The van der Waals surface area contributed by atoms with Crippen LogP contribution in [0.25, 0.3) is 0 Å². The van der Waals surface area contributed by atoms with Gasteiger partial charge in [-0.15, -0.1) is 11.8 Å². The van der Waals surface area contributed by atoms with Gasteiger partial charge in [0.2, 0.25) is 11.2 Å². The van der Waals surface area contributed by atoms with Gasteiger partial charge in [0.25, 0.3) is 5.91 Å². The molecule has 9 heteroatoms. The summed E-state index contributed by atoms with van der Waals surface area (Å²) in [7, 11) is 0. The van der Waals surface area contributed by atoms with E-state index in [9.17, 15) is 14.1 Å². The van der Waals surface area contributed by atoms with Crippen molar-refractivity contribution in [2.45, 2.75) is 36.1 Å². The van der Waals surface area contributed by atoms with Crippen molar-refractivity contribution in [3.8, 4) is 5.75 Å². The molecule has 0 aromatic heterocycles. The molecule has 3 aliphatic rings. The lowest BCUT2D eigenvalue weighted by Crippen LogP contribution is -2.41. The van der Waals surface area contributed by atoms with Crippen LogP contribution in [0.4, 0.5) is 10.1 Å². The number of rotatable bonds is 5. The van der Waals surface area contributed by atoms with Gasteiger partial charge in [0.05, 0.1) is 0 Å². The monoisotopic (exact) mass is 461 g/mol. The van der Waals surface area contributed by atoms with Gasteiger partial charge < -0.3 is 10.4 Å². The first-order valence-corrected chi connectivity index (χ1v) is 12.5. The molecule has 164 valence electrons. The van der Waals surface area contributed by atoms with E-state index in [1.807, 2.05) is 6.07 Å². The second-order valence-corrected chi connectivity index (χ2v) is 10.6. The summed E-state index contributed by atoms with van der Waals surface area (Å²) in [4.78, 5) is 12.2. The van der Waals surface area contributed by atoms with Crippen LogP contribution in [0.2, 0.25) is 0 Å². The van der Waals surface area contributed by atoms with E-state index in [1.165, 1.54) is 36.2 Å². The zero-order valence-corrected chi connectivity index (χ0v) is 18.5. The number of anilines is 1. The molecule has 3 N–H and O–H groups in total. The fraction of sp³-hybridized carbons (Fsp3) is 0.409. The molecule has 5 rings (SSSR count). The SMILES string of the molecule is O=C1CN(c2c(O)cc3c(c2F)CC(NCC2CC(c4ccccc4)C2)CS3)S(=O)N1. The molecule has 2 unspecified atom stereocenters. The summed E-state index contributed by atoms with van der Waals surface area (Å²) in [5, 5.41) is 13.9. The van der Waals surface area contributed by atoms with Crippen LogP contribution in [0.5, 0.6) is 5.75 Å². The van der Waals surface area contributed by atoms with Crippen molar-refractivity contribution in [3.05, 3.63) is 53.3 Å². The molecular weight excluding hydrogens is 437 g/mol. The number of nitrogens with one attached hydrogen (secondary N) is 2. The highest BCUT2D eigenvalue weighted by Gasteiger charge is 2.35. The average molecular weight is 462 g/mol. The van der Waals surface area contributed by atoms with Gasteiger partial charge >= 0.3 is 0 Å². The molecule has 2 heterocycles. The van der Waals surface area contributed by atoms with Crippen molar-refractivity contribution in [1.29, 1.82) is 0 Å². The lowest BCUT2D eigenvalue weighted by atomic mass is 9.71. The average Bonchev–Trinajstić information content (AvgIpc) is 3.05. The van der Waals surface area contributed by atoms with E-state index in [4.69, 9.17) is 0 Å². The van der Waals surface area contributed by atoms with Crippen LogP contribution in [-0.4, -0.2) is 40.1 Å². The summed E-state index contributed by atoms with van der Waals surface area (Å²) in [5.41, 5.74) is 1.75. The van der Waals surface area contributed by atoms with Crippen molar-refractivity contribution in [2.75, 3.05) is 23.1 Å². The third-order valence-electron chi connectivity index (χ3n) is 6.31. The summed E-state index contributed by atoms with van der Waals surface area (Å²) < 4.78 is 30.7. The van der Waals surface area contributed by atoms with Crippen LogP contribution in [0.15, 0.2) is 41.3 Å². The van der Waals surface area contributed by atoms with Crippen molar-refractivity contribution in [1.82, 2.24) is 10.0 Å². The van der Waals surface area contributed by atoms with Crippen LogP contribution < -0.4 is 14.3 Å². The Balaban J connectivity index is 1.23. The molecule has 2 aromatic rings. The number of nitrogens with zero attached hydrogens (tertiary/aromatic N) is 1. The maximum absolute atomic E-state index is 15.3. The maximum Gasteiger partial charge on any atom is 0.253 e. The van der Waals surface area contributed by atoms with Gasteiger partial charge in [0, 0.05) is 22.3 Å². The minimum Gasteiger partial charge on any atom is -0.506 e. The quantitative estimate of drug-likeness (QED) is 0.638. The molecular formula is C22H24FN3O3S2. The predicted molar refractivity (Wildman–Crippen MR) is 120 cm³/mol. The number of hydrogen-bond donors (Lipinski definition) is 3. The number of halogens is 1. The number of thioether (sulfide) groups is 1. The second kappa shape index (κ2) is 8.44. The number of benzene rings is 2. The topological polar surface area (TPSA) is 81.7 Å². The van der Waals surface area contributed by atoms with E-state index in [2.05, 4.69) is 34.3 Å². The molecule has 1 saturated carbocycles. The molecule has 1 amide bonds.